The number of benzene rings is 1. The van der Waals surface area contributed by atoms with Crippen LogP contribution in [0.3, 0.4) is 0 Å². The van der Waals surface area contributed by atoms with Crippen molar-refractivity contribution >= 4 is 17.9 Å². The molecule has 2 aromatic rings. The Morgan fingerprint density at radius 2 is 1.88 bits per heavy atom. The number of hydrogen-bond donors (Lipinski definition) is 1. The molecular weight excluding hydrogens is 304 g/mol. The number of pyridine rings is 1. The van der Waals surface area contributed by atoms with E-state index in [1.807, 2.05) is 30.3 Å². The lowest BCUT2D eigenvalue weighted by atomic mass is 9.83. The number of aliphatic hydroxyl groups excluding tert-OH is 1. The van der Waals surface area contributed by atoms with E-state index in [0.29, 0.717) is 6.42 Å². The van der Waals surface area contributed by atoms with Gasteiger partial charge in [0.25, 0.3) is 5.91 Å². The number of aliphatic imine (C=N–C) groups is 1. The van der Waals surface area contributed by atoms with Crippen molar-refractivity contribution in [1.29, 1.82) is 0 Å². The van der Waals surface area contributed by atoms with Gasteiger partial charge in [-0.3, -0.25) is 14.6 Å². The van der Waals surface area contributed by atoms with Crippen molar-refractivity contribution in [2.45, 2.75) is 18.8 Å². The van der Waals surface area contributed by atoms with Crippen LogP contribution in [0.2, 0.25) is 0 Å². The molecule has 1 heterocycles. The first-order valence-electron chi connectivity index (χ1n) is 7.65. The van der Waals surface area contributed by atoms with Crippen LogP contribution in [-0.2, 0) is 4.79 Å². The minimum absolute atomic E-state index is 0.0299. The molecule has 24 heavy (non-hydrogen) atoms. The summed E-state index contributed by atoms with van der Waals surface area (Å²) < 4.78 is 0. The Morgan fingerprint density at radius 1 is 1.12 bits per heavy atom. The van der Waals surface area contributed by atoms with Crippen molar-refractivity contribution in [1.82, 2.24) is 4.98 Å². The standard InChI is InChI=1S/C19H16N2O3/c22-17-10-14(13-6-2-1-3-7-13)11-18(23)15(17)12-21-19(24)16-8-4-5-9-20-16/h1-9,12,14,22H,10-11H2. The summed E-state index contributed by atoms with van der Waals surface area (Å²) in [5.74, 6) is -0.848. The molecule has 1 atom stereocenters. The lowest BCUT2D eigenvalue weighted by Crippen LogP contribution is -2.19. The first-order chi connectivity index (χ1) is 11.6. The van der Waals surface area contributed by atoms with Gasteiger partial charge in [-0.2, -0.15) is 0 Å². The Hall–Kier alpha value is -3.08. The van der Waals surface area contributed by atoms with E-state index in [2.05, 4.69) is 9.98 Å². The molecule has 1 aliphatic rings. The molecule has 0 radical (unpaired) electrons. The van der Waals surface area contributed by atoms with Gasteiger partial charge in [-0.05, 0) is 23.6 Å². The smallest absolute Gasteiger partial charge is 0.295 e. The number of amides is 1. The maximum Gasteiger partial charge on any atom is 0.295 e. The second kappa shape index (κ2) is 7.00. The topological polar surface area (TPSA) is 79.6 Å². The number of Topliss-reactive ketones (excluding diaryl/α,β-unsaturated/α-hetero) is 1. The number of rotatable bonds is 3. The van der Waals surface area contributed by atoms with E-state index in [9.17, 15) is 14.7 Å². The number of aromatic nitrogens is 1. The van der Waals surface area contributed by atoms with E-state index < -0.39 is 5.91 Å². The maximum atomic E-state index is 12.3. The van der Waals surface area contributed by atoms with Crippen molar-refractivity contribution < 1.29 is 14.7 Å². The average Bonchev–Trinajstić information content (AvgIpc) is 2.62. The van der Waals surface area contributed by atoms with Gasteiger partial charge in [-0.15, -0.1) is 0 Å². The van der Waals surface area contributed by atoms with Gasteiger partial charge in [-0.25, -0.2) is 4.99 Å². The number of hydrogen-bond acceptors (Lipinski definition) is 4. The molecule has 1 aromatic heterocycles. The predicted molar refractivity (Wildman–Crippen MR) is 90.1 cm³/mol. The van der Waals surface area contributed by atoms with Crippen LogP contribution in [0.1, 0.15) is 34.8 Å². The molecule has 0 saturated carbocycles. The summed E-state index contributed by atoms with van der Waals surface area (Å²) in [5, 5.41) is 10.2. The average molecular weight is 320 g/mol. The molecule has 1 aromatic carbocycles. The molecule has 1 amide bonds. The van der Waals surface area contributed by atoms with E-state index in [4.69, 9.17) is 0 Å². The number of carbonyl (C=O) groups is 2. The van der Waals surface area contributed by atoms with Crippen LogP contribution in [-0.4, -0.2) is 28.0 Å². The summed E-state index contributed by atoms with van der Waals surface area (Å²) in [6, 6.07) is 14.5. The highest BCUT2D eigenvalue weighted by atomic mass is 16.3. The van der Waals surface area contributed by atoms with Crippen LogP contribution in [0.15, 0.2) is 71.1 Å². The van der Waals surface area contributed by atoms with Crippen LogP contribution in [0, 0.1) is 0 Å². The van der Waals surface area contributed by atoms with Gasteiger partial charge in [-0.1, -0.05) is 36.4 Å². The highest BCUT2D eigenvalue weighted by Gasteiger charge is 2.27. The molecule has 5 nitrogen and oxygen atoms in total. The van der Waals surface area contributed by atoms with Crippen molar-refractivity contribution in [2.75, 3.05) is 0 Å². The van der Waals surface area contributed by atoms with Gasteiger partial charge in [0.2, 0.25) is 0 Å². The Labute approximate surface area is 139 Å². The fourth-order valence-corrected chi connectivity index (χ4v) is 2.70. The van der Waals surface area contributed by atoms with E-state index in [1.165, 1.54) is 6.20 Å². The van der Waals surface area contributed by atoms with E-state index >= 15 is 0 Å². The molecule has 0 aliphatic heterocycles. The quantitative estimate of drug-likeness (QED) is 0.880. The Kier molecular flexibility index (Phi) is 4.61. The van der Waals surface area contributed by atoms with Crippen molar-refractivity contribution in [3.63, 3.8) is 0 Å². The van der Waals surface area contributed by atoms with Gasteiger partial charge in [0.15, 0.2) is 5.78 Å². The predicted octanol–water partition coefficient (Wildman–Crippen LogP) is 3.25. The van der Waals surface area contributed by atoms with Crippen LogP contribution in [0.25, 0.3) is 0 Å². The molecule has 1 aliphatic carbocycles. The van der Waals surface area contributed by atoms with E-state index in [0.717, 1.165) is 11.8 Å². The Bertz CT molecular complexity index is 811. The minimum Gasteiger partial charge on any atom is -0.511 e. The molecule has 0 spiro atoms. The summed E-state index contributed by atoms with van der Waals surface area (Å²) in [5.41, 5.74) is 1.31. The summed E-state index contributed by atoms with van der Waals surface area (Å²) in [6.07, 6.45) is 3.29. The van der Waals surface area contributed by atoms with E-state index in [1.54, 1.807) is 18.2 Å². The summed E-state index contributed by atoms with van der Waals surface area (Å²) in [4.78, 5) is 31.9. The number of carbonyl (C=O) groups excluding carboxylic acids is 2. The zero-order valence-electron chi connectivity index (χ0n) is 12.9. The molecule has 120 valence electrons. The first-order valence-corrected chi connectivity index (χ1v) is 7.65. The Balaban J connectivity index is 1.77. The highest BCUT2D eigenvalue weighted by Crippen LogP contribution is 2.32. The summed E-state index contributed by atoms with van der Waals surface area (Å²) in [6.45, 7) is 0. The fourth-order valence-electron chi connectivity index (χ4n) is 2.70. The molecule has 0 fully saturated rings. The molecule has 3 rings (SSSR count). The normalized spacial score (nSPS) is 18.2. The van der Waals surface area contributed by atoms with E-state index in [-0.39, 0.29) is 35.1 Å². The van der Waals surface area contributed by atoms with Crippen molar-refractivity contribution in [2.24, 2.45) is 4.99 Å². The number of allylic oxidation sites excluding steroid dienone is 2. The second-order valence-corrected chi connectivity index (χ2v) is 5.58. The van der Waals surface area contributed by atoms with Crippen LogP contribution in [0.4, 0.5) is 0 Å². The monoisotopic (exact) mass is 320 g/mol. The van der Waals surface area contributed by atoms with Crippen LogP contribution < -0.4 is 0 Å². The van der Waals surface area contributed by atoms with Gasteiger partial charge < -0.3 is 5.11 Å². The molecule has 0 saturated heterocycles. The number of nitrogens with zero attached hydrogens (tertiary/aromatic N) is 2. The summed E-state index contributed by atoms with van der Waals surface area (Å²) in [7, 11) is 0. The highest BCUT2D eigenvalue weighted by molar-refractivity contribution is 6.17. The lowest BCUT2D eigenvalue weighted by Gasteiger charge is -2.22. The van der Waals surface area contributed by atoms with Gasteiger partial charge in [0, 0.05) is 25.3 Å². The minimum atomic E-state index is -0.547. The molecule has 5 heteroatoms. The lowest BCUT2D eigenvalue weighted by molar-refractivity contribution is -0.116. The molecule has 0 bridgehead atoms. The fraction of sp³-hybridized carbons (Fsp3) is 0.158. The van der Waals surface area contributed by atoms with Crippen molar-refractivity contribution in [3.05, 3.63) is 77.3 Å². The third-order valence-corrected chi connectivity index (χ3v) is 3.95. The van der Waals surface area contributed by atoms with Gasteiger partial charge in [0.05, 0.1) is 5.57 Å². The molecule has 1 N–H and O–H groups in total. The SMILES string of the molecule is O=C1CC(c2ccccc2)CC(O)=C1C=NC(=O)c1ccccn1. The third-order valence-electron chi connectivity index (χ3n) is 3.95. The Morgan fingerprint density at radius 3 is 2.54 bits per heavy atom. The molecule has 1 unspecified atom stereocenters. The molecular formula is C19H16N2O3. The maximum absolute atomic E-state index is 12.3. The van der Waals surface area contributed by atoms with Crippen LogP contribution in [0.5, 0.6) is 0 Å². The van der Waals surface area contributed by atoms with Gasteiger partial charge in [0.1, 0.15) is 11.5 Å². The van der Waals surface area contributed by atoms with Gasteiger partial charge >= 0.3 is 0 Å². The number of aliphatic hydroxyl groups is 1. The zero-order valence-corrected chi connectivity index (χ0v) is 12.9. The first kappa shape index (κ1) is 15.8. The summed E-state index contributed by atoms with van der Waals surface area (Å²) >= 11 is 0. The largest absolute Gasteiger partial charge is 0.511 e. The second-order valence-electron chi connectivity index (χ2n) is 5.58. The zero-order chi connectivity index (χ0) is 16.9. The number of ketones is 1. The van der Waals surface area contributed by atoms with Crippen molar-refractivity contribution in [3.8, 4) is 0 Å². The van der Waals surface area contributed by atoms with Crippen LogP contribution >= 0.6 is 0 Å². The third kappa shape index (κ3) is 3.46.